The second-order valence-corrected chi connectivity index (χ2v) is 9.22. The fourth-order valence-electron chi connectivity index (χ4n) is 3.48. The van der Waals surface area contributed by atoms with E-state index in [4.69, 9.17) is 9.47 Å². The van der Waals surface area contributed by atoms with Gasteiger partial charge in [-0.05, 0) is 24.1 Å². The van der Waals surface area contributed by atoms with Gasteiger partial charge in [0.2, 0.25) is 27.7 Å². The second kappa shape index (κ2) is 10.4. The average Bonchev–Trinajstić information content (AvgIpc) is 3.29. The van der Waals surface area contributed by atoms with Crippen molar-refractivity contribution in [1.29, 1.82) is 5.26 Å². The molecule has 4 aromatic rings. The minimum atomic E-state index is -4.01. The van der Waals surface area contributed by atoms with E-state index in [-0.39, 0.29) is 41.2 Å². The van der Waals surface area contributed by atoms with Crippen LogP contribution in [0.3, 0.4) is 0 Å². The van der Waals surface area contributed by atoms with Gasteiger partial charge in [-0.15, -0.1) is 10.2 Å². The van der Waals surface area contributed by atoms with Crippen LogP contribution >= 0.6 is 0 Å². The van der Waals surface area contributed by atoms with Crippen LogP contribution in [-0.4, -0.2) is 53.1 Å². The van der Waals surface area contributed by atoms with Crippen LogP contribution in [0, 0.1) is 17.1 Å². The number of hydrogen-bond acceptors (Lipinski definition) is 9. The molecule has 2 heterocycles. The summed E-state index contributed by atoms with van der Waals surface area (Å²) in [5.41, 5.74) is 1.29. The first kappa shape index (κ1) is 24.6. The Hall–Kier alpha value is -4.57. The van der Waals surface area contributed by atoms with Gasteiger partial charge in [0.1, 0.15) is 12.1 Å². The number of rotatable bonds is 9. The summed E-state index contributed by atoms with van der Waals surface area (Å²) in [7, 11) is -1.21. The SMILES string of the molecule is COc1ncnc(OC)c1-n1c(NS(=O)(=O)CCc2ccc(F)cc2C#N)nnc1-c1ccccc1. The van der Waals surface area contributed by atoms with E-state index in [0.717, 1.165) is 6.07 Å². The molecule has 0 atom stereocenters. The molecule has 0 fully saturated rings. The third kappa shape index (κ3) is 5.08. The fourth-order valence-corrected chi connectivity index (χ4v) is 4.48. The number of benzene rings is 2. The molecule has 0 saturated carbocycles. The van der Waals surface area contributed by atoms with Gasteiger partial charge in [0.05, 0.1) is 31.6 Å². The zero-order chi connectivity index (χ0) is 25.7. The maximum atomic E-state index is 13.4. The van der Waals surface area contributed by atoms with E-state index in [0.29, 0.717) is 11.1 Å². The Morgan fingerprint density at radius 1 is 1.06 bits per heavy atom. The average molecular weight is 510 g/mol. The van der Waals surface area contributed by atoms with E-state index < -0.39 is 21.6 Å². The van der Waals surface area contributed by atoms with Crippen LogP contribution in [0.4, 0.5) is 10.3 Å². The lowest BCUT2D eigenvalue weighted by Gasteiger charge is -2.16. The Morgan fingerprint density at radius 2 is 1.75 bits per heavy atom. The summed E-state index contributed by atoms with van der Waals surface area (Å²) in [6.07, 6.45) is 1.21. The fraction of sp³-hybridized carbons (Fsp3) is 0.174. The van der Waals surface area contributed by atoms with Crippen LogP contribution in [0.5, 0.6) is 11.8 Å². The van der Waals surface area contributed by atoms with Crippen LogP contribution in [0.15, 0.2) is 54.9 Å². The van der Waals surface area contributed by atoms with E-state index in [2.05, 4.69) is 24.9 Å². The third-order valence-electron chi connectivity index (χ3n) is 5.14. The Bertz CT molecular complexity index is 1510. The molecular formula is C23H20FN7O4S. The van der Waals surface area contributed by atoms with Gasteiger partial charge in [0, 0.05) is 5.56 Å². The highest BCUT2D eigenvalue weighted by Gasteiger charge is 2.26. The highest BCUT2D eigenvalue weighted by atomic mass is 32.2. The summed E-state index contributed by atoms with van der Waals surface area (Å²) in [5.74, 6) is -0.649. The second-order valence-electron chi connectivity index (χ2n) is 7.37. The van der Waals surface area contributed by atoms with Crippen LogP contribution in [0.1, 0.15) is 11.1 Å². The molecule has 13 heteroatoms. The van der Waals surface area contributed by atoms with Gasteiger partial charge >= 0.3 is 0 Å². The molecule has 0 aliphatic heterocycles. The van der Waals surface area contributed by atoms with E-state index in [9.17, 15) is 18.1 Å². The zero-order valence-electron chi connectivity index (χ0n) is 19.2. The van der Waals surface area contributed by atoms with E-state index >= 15 is 0 Å². The molecule has 0 aliphatic carbocycles. The van der Waals surface area contributed by atoms with Crippen LogP contribution in [-0.2, 0) is 16.4 Å². The van der Waals surface area contributed by atoms with E-state index in [1.807, 2.05) is 12.1 Å². The number of halogens is 1. The lowest BCUT2D eigenvalue weighted by Crippen LogP contribution is -2.21. The Labute approximate surface area is 206 Å². The van der Waals surface area contributed by atoms with Crippen molar-refractivity contribution in [3.63, 3.8) is 0 Å². The van der Waals surface area contributed by atoms with E-state index in [1.165, 1.54) is 37.2 Å². The quantitative estimate of drug-likeness (QED) is 0.360. The first-order chi connectivity index (χ1) is 17.4. The van der Waals surface area contributed by atoms with Crippen molar-refractivity contribution >= 4 is 16.0 Å². The maximum Gasteiger partial charge on any atom is 0.245 e. The van der Waals surface area contributed by atoms with Crippen molar-refractivity contribution in [3.8, 4) is 34.9 Å². The minimum Gasteiger partial charge on any atom is -0.479 e. The number of sulfonamides is 1. The number of methoxy groups -OCH3 is 2. The first-order valence-electron chi connectivity index (χ1n) is 10.5. The first-order valence-corrected chi connectivity index (χ1v) is 12.1. The summed E-state index contributed by atoms with van der Waals surface area (Å²) in [5, 5.41) is 17.5. The number of nitrogens with one attached hydrogen (secondary N) is 1. The van der Waals surface area contributed by atoms with Gasteiger partial charge in [-0.3, -0.25) is 9.29 Å². The van der Waals surface area contributed by atoms with Gasteiger partial charge in [-0.1, -0.05) is 36.4 Å². The molecule has 36 heavy (non-hydrogen) atoms. The zero-order valence-corrected chi connectivity index (χ0v) is 20.0. The number of hydrogen-bond donors (Lipinski definition) is 1. The Morgan fingerprint density at radius 3 is 2.39 bits per heavy atom. The third-order valence-corrected chi connectivity index (χ3v) is 6.37. The van der Waals surface area contributed by atoms with Gasteiger partial charge in [0.25, 0.3) is 0 Å². The molecule has 0 aliphatic rings. The number of aromatic nitrogens is 5. The summed E-state index contributed by atoms with van der Waals surface area (Å²) >= 11 is 0. The Balaban J connectivity index is 1.75. The molecule has 0 bridgehead atoms. The summed E-state index contributed by atoms with van der Waals surface area (Å²) in [6, 6.07) is 14.5. The highest BCUT2D eigenvalue weighted by molar-refractivity contribution is 7.92. The maximum absolute atomic E-state index is 13.4. The van der Waals surface area contributed by atoms with Crippen molar-refractivity contribution in [2.75, 3.05) is 24.7 Å². The van der Waals surface area contributed by atoms with Crippen molar-refractivity contribution < 1.29 is 22.3 Å². The predicted octanol–water partition coefficient (Wildman–Crippen LogP) is 2.74. The van der Waals surface area contributed by atoms with Crippen molar-refractivity contribution in [2.45, 2.75) is 6.42 Å². The molecule has 11 nitrogen and oxygen atoms in total. The molecular weight excluding hydrogens is 489 g/mol. The number of ether oxygens (including phenoxy) is 2. The molecule has 1 N–H and O–H groups in total. The number of nitrogens with zero attached hydrogens (tertiary/aromatic N) is 6. The summed E-state index contributed by atoms with van der Waals surface area (Å²) in [4.78, 5) is 8.22. The molecule has 4 rings (SSSR count). The minimum absolute atomic E-state index is 0.0285. The molecule has 2 aromatic heterocycles. The largest absolute Gasteiger partial charge is 0.479 e. The van der Waals surface area contributed by atoms with Gasteiger partial charge in [-0.25, -0.2) is 12.8 Å². The normalized spacial score (nSPS) is 11.1. The van der Waals surface area contributed by atoms with E-state index in [1.54, 1.807) is 24.3 Å². The smallest absolute Gasteiger partial charge is 0.245 e. The molecule has 0 spiro atoms. The summed E-state index contributed by atoms with van der Waals surface area (Å²) in [6.45, 7) is 0. The molecule has 0 unspecified atom stereocenters. The lowest BCUT2D eigenvalue weighted by molar-refractivity contribution is 0.368. The summed E-state index contributed by atoms with van der Waals surface area (Å²) < 4.78 is 54.1. The Kier molecular flexibility index (Phi) is 7.07. The van der Waals surface area contributed by atoms with Gasteiger partial charge < -0.3 is 9.47 Å². The molecule has 184 valence electrons. The van der Waals surface area contributed by atoms with Gasteiger partial charge in [-0.2, -0.15) is 15.2 Å². The number of nitriles is 1. The van der Waals surface area contributed by atoms with Crippen molar-refractivity contribution in [2.24, 2.45) is 0 Å². The lowest BCUT2D eigenvalue weighted by atomic mass is 10.1. The standard InChI is InChI=1S/C23H20FN7O4S/c1-34-21-19(22(35-2)27-14-26-21)31-20(16-6-4-3-5-7-16)28-29-23(31)30-36(32,33)11-10-15-8-9-18(24)12-17(15)13-25/h3-9,12,14H,10-11H2,1-2H3,(H,29,30). The van der Waals surface area contributed by atoms with Crippen LogP contribution < -0.4 is 14.2 Å². The highest BCUT2D eigenvalue weighted by Crippen LogP contribution is 2.35. The van der Waals surface area contributed by atoms with Crippen LogP contribution in [0.25, 0.3) is 17.1 Å². The van der Waals surface area contributed by atoms with Crippen LogP contribution in [0.2, 0.25) is 0 Å². The number of aryl methyl sites for hydroxylation is 1. The van der Waals surface area contributed by atoms with Crippen molar-refractivity contribution in [3.05, 3.63) is 71.8 Å². The topological polar surface area (TPSA) is 145 Å². The molecule has 0 amide bonds. The van der Waals surface area contributed by atoms with Crippen molar-refractivity contribution in [1.82, 2.24) is 24.7 Å². The monoisotopic (exact) mass is 509 g/mol. The molecule has 0 radical (unpaired) electrons. The van der Waals surface area contributed by atoms with Gasteiger partial charge in [0.15, 0.2) is 11.5 Å². The molecule has 2 aromatic carbocycles. The predicted molar refractivity (Wildman–Crippen MR) is 128 cm³/mol. The molecule has 0 saturated heterocycles. The number of anilines is 1.